The van der Waals surface area contributed by atoms with E-state index in [2.05, 4.69) is 15.7 Å². The molecule has 0 aliphatic carbocycles. The number of benzene rings is 1. The van der Waals surface area contributed by atoms with Gasteiger partial charge in [-0.1, -0.05) is 0 Å². The zero-order valence-electron chi connectivity index (χ0n) is 13.1. The summed E-state index contributed by atoms with van der Waals surface area (Å²) < 4.78 is 1.28. The largest absolute Gasteiger partial charge is 0.351 e. The van der Waals surface area contributed by atoms with Crippen LogP contribution in [0.1, 0.15) is 11.4 Å². The summed E-state index contributed by atoms with van der Waals surface area (Å²) in [5, 5.41) is 20.0. The number of carbonyl (C=O) groups is 2. The van der Waals surface area contributed by atoms with E-state index in [1.165, 1.54) is 18.5 Å². The molecule has 10 heteroatoms. The van der Waals surface area contributed by atoms with Gasteiger partial charge in [-0.2, -0.15) is 5.10 Å². The standard InChI is InChI=1S/C14H16N6O4/c1-8-13(20(23)24)9(2)19(18-8)7-12(21)16-10-3-5-11(6-4-10)17-14(15)22/h3-6H,7H2,1-2H3,(H,16,21)(H3,15,17,22). The lowest BCUT2D eigenvalue weighted by atomic mass is 10.3. The SMILES string of the molecule is Cc1nn(CC(=O)Nc2ccc(NC(N)=O)cc2)c(C)c1[N+](=O)[O-]. The summed E-state index contributed by atoms with van der Waals surface area (Å²) in [7, 11) is 0. The number of nitrogens with two attached hydrogens (primary N) is 1. The van der Waals surface area contributed by atoms with Crippen LogP contribution in [0.2, 0.25) is 0 Å². The number of amides is 3. The van der Waals surface area contributed by atoms with Crippen LogP contribution in [0.5, 0.6) is 0 Å². The second-order valence-corrected chi connectivity index (χ2v) is 5.05. The third-order valence-corrected chi connectivity index (χ3v) is 3.26. The van der Waals surface area contributed by atoms with Crippen molar-refractivity contribution >= 4 is 29.0 Å². The van der Waals surface area contributed by atoms with Crippen LogP contribution in [0.15, 0.2) is 24.3 Å². The summed E-state index contributed by atoms with van der Waals surface area (Å²) >= 11 is 0. The molecule has 2 aromatic rings. The average molecular weight is 332 g/mol. The number of nitro groups is 1. The molecule has 0 bridgehead atoms. The zero-order valence-corrected chi connectivity index (χ0v) is 13.1. The number of primary amides is 1. The van der Waals surface area contributed by atoms with Crippen LogP contribution in [0.4, 0.5) is 21.9 Å². The van der Waals surface area contributed by atoms with Gasteiger partial charge in [-0.05, 0) is 38.1 Å². The van der Waals surface area contributed by atoms with Crippen molar-refractivity contribution in [2.24, 2.45) is 5.73 Å². The van der Waals surface area contributed by atoms with Gasteiger partial charge in [0.25, 0.3) is 0 Å². The number of aromatic nitrogens is 2. The molecule has 0 spiro atoms. The van der Waals surface area contributed by atoms with Crippen LogP contribution in [0.3, 0.4) is 0 Å². The Morgan fingerprint density at radius 2 is 1.75 bits per heavy atom. The van der Waals surface area contributed by atoms with Gasteiger partial charge < -0.3 is 16.4 Å². The number of hydrogen-bond acceptors (Lipinski definition) is 5. The molecule has 0 radical (unpaired) electrons. The predicted molar refractivity (Wildman–Crippen MR) is 86.6 cm³/mol. The lowest BCUT2D eigenvalue weighted by Gasteiger charge is -2.07. The van der Waals surface area contributed by atoms with Gasteiger partial charge in [-0.25, -0.2) is 4.79 Å². The molecule has 0 saturated carbocycles. The molecule has 1 heterocycles. The summed E-state index contributed by atoms with van der Waals surface area (Å²) in [6.07, 6.45) is 0. The van der Waals surface area contributed by atoms with Crippen LogP contribution in [0, 0.1) is 24.0 Å². The van der Waals surface area contributed by atoms with Crippen LogP contribution < -0.4 is 16.4 Å². The maximum absolute atomic E-state index is 12.1. The highest BCUT2D eigenvalue weighted by Gasteiger charge is 2.22. The Labute approximate surface area is 136 Å². The van der Waals surface area contributed by atoms with Gasteiger partial charge in [-0.15, -0.1) is 0 Å². The number of urea groups is 1. The molecule has 3 amide bonds. The third-order valence-electron chi connectivity index (χ3n) is 3.26. The van der Waals surface area contributed by atoms with Crippen molar-refractivity contribution in [2.45, 2.75) is 20.4 Å². The first-order valence-corrected chi connectivity index (χ1v) is 6.92. The Balaban J connectivity index is 2.05. The predicted octanol–water partition coefficient (Wildman–Crippen LogP) is 1.54. The van der Waals surface area contributed by atoms with Crippen LogP contribution >= 0.6 is 0 Å². The van der Waals surface area contributed by atoms with Crippen molar-refractivity contribution in [2.75, 3.05) is 10.6 Å². The van der Waals surface area contributed by atoms with Crippen molar-refractivity contribution < 1.29 is 14.5 Å². The fraction of sp³-hybridized carbons (Fsp3) is 0.214. The molecule has 0 atom stereocenters. The molecule has 0 unspecified atom stereocenters. The summed E-state index contributed by atoms with van der Waals surface area (Å²) in [4.78, 5) is 33.2. The molecule has 1 aromatic heterocycles. The highest BCUT2D eigenvalue weighted by atomic mass is 16.6. The van der Waals surface area contributed by atoms with Crippen molar-refractivity contribution in [3.63, 3.8) is 0 Å². The number of nitrogens with zero attached hydrogens (tertiary/aromatic N) is 3. The molecule has 1 aromatic carbocycles. The second-order valence-electron chi connectivity index (χ2n) is 5.05. The van der Waals surface area contributed by atoms with Gasteiger partial charge in [0.1, 0.15) is 17.9 Å². The zero-order chi connectivity index (χ0) is 17.9. The fourth-order valence-corrected chi connectivity index (χ4v) is 2.22. The van der Waals surface area contributed by atoms with E-state index in [0.29, 0.717) is 17.1 Å². The fourth-order valence-electron chi connectivity index (χ4n) is 2.22. The highest BCUT2D eigenvalue weighted by Crippen LogP contribution is 2.21. The first-order valence-electron chi connectivity index (χ1n) is 6.92. The Morgan fingerprint density at radius 1 is 1.21 bits per heavy atom. The molecule has 0 aliphatic heterocycles. The number of hydrogen-bond donors (Lipinski definition) is 3. The topological polar surface area (TPSA) is 145 Å². The molecule has 10 nitrogen and oxygen atoms in total. The molecule has 0 aliphatic rings. The number of carbonyl (C=O) groups excluding carboxylic acids is 2. The van der Waals surface area contributed by atoms with Crippen LogP contribution in [-0.2, 0) is 11.3 Å². The number of anilines is 2. The Hall–Kier alpha value is -3.43. The third kappa shape index (κ3) is 3.85. The lowest BCUT2D eigenvalue weighted by Crippen LogP contribution is -2.21. The minimum absolute atomic E-state index is 0.0929. The van der Waals surface area contributed by atoms with Crippen molar-refractivity contribution in [1.29, 1.82) is 0 Å². The normalized spacial score (nSPS) is 10.2. The molecule has 0 saturated heterocycles. The van der Waals surface area contributed by atoms with Crippen LogP contribution in [0.25, 0.3) is 0 Å². The maximum atomic E-state index is 12.1. The quantitative estimate of drug-likeness (QED) is 0.561. The minimum atomic E-state index is -0.682. The number of aryl methyl sites for hydroxylation is 1. The van der Waals surface area contributed by atoms with E-state index in [1.807, 2.05) is 0 Å². The van der Waals surface area contributed by atoms with E-state index >= 15 is 0 Å². The van der Waals surface area contributed by atoms with Gasteiger partial charge in [0.15, 0.2) is 0 Å². The number of nitrogens with one attached hydrogen (secondary N) is 2. The summed E-state index contributed by atoms with van der Waals surface area (Å²) in [6.45, 7) is 2.90. The van der Waals surface area contributed by atoms with Gasteiger partial charge in [-0.3, -0.25) is 19.6 Å². The smallest absolute Gasteiger partial charge is 0.316 e. The minimum Gasteiger partial charge on any atom is -0.351 e. The van der Waals surface area contributed by atoms with E-state index in [1.54, 1.807) is 24.3 Å². The van der Waals surface area contributed by atoms with E-state index in [9.17, 15) is 19.7 Å². The summed E-state index contributed by atoms with van der Waals surface area (Å²) in [6, 6.07) is 5.65. The van der Waals surface area contributed by atoms with E-state index < -0.39 is 11.0 Å². The maximum Gasteiger partial charge on any atom is 0.316 e. The van der Waals surface area contributed by atoms with E-state index in [-0.39, 0.29) is 23.8 Å². The summed E-state index contributed by atoms with van der Waals surface area (Å²) in [5.41, 5.74) is 6.48. The average Bonchev–Trinajstić information content (AvgIpc) is 2.74. The molecular formula is C14H16N6O4. The Kier molecular flexibility index (Phi) is 4.78. The van der Waals surface area contributed by atoms with Crippen LogP contribution in [-0.4, -0.2) is 26.6 Å². The molecule has 2 rings (SSSR count). The van der Waals surface area contributed by atoms with Crippen molar-refractivity contribution in [3.8, 4) is 0 Å². The van der Waals surface area contributed by atoms with Crippen molar-refractivity contribution in [1.82, 2.24) is 9.78 Å². The molecular weight excluding hydrogens is 316 g/mol. The lowest BCUT2D eigenvalue weighted by molar-refractivity contribution is -0.386. The van der Waals surface area contributed by atoms with Gasteiger partial charge >= 0.3 is 11.7 Å². The van der Waals surface area contributed by atoms with Gasteiger partial charge in [0.05, 0.1) is 4.92 Å². The number of rotatable bonds is 5. The van der Waals surface area contributed by atoms with E-state index in [0.717, 1.165) is 0 Å². The van der Waals surface area contributed by atoms with Gasteiger partial charge in [0, 0.05) is 11.4 Å². The van der Waals surface area contributed by atoms with Crippen molar-refractivity contribution in [3.05, 3.63) is 45.8 Å². The first kappa shape index (κ1) is 16.9. The Morgan fingerprint density at radius 3 is 2.21 bits per heavy atom. The molecule has 0 fully saturated rings. The first-order chi connectivity index (χ1) is 11.3. The van der Waals surface area contributed by atoms with Gasteiger partial charge in [0.2, 0.25) is 5.91 Å². The monoisotopic (exact) mass is 332 g/mol. The molecule has 24 heavy (non-hydrogen) atoms. The van der Waals surface area contributed by atoms with E-state index in [4.69, 9.17) is 5.73 Å². The summed E-state index contributed by atoms with van der Waals surface area (Å²) in [5.74, 6) is -0.383. The molecule has 126 valence electrons. The highest BCUT2D eigenvalue weighted by molar-refractivity contribution is 5.91. The Bertz CT molecular complexity index is 796. The molecule has 4 N–H and O–H groups in total. The second kappa shape index (κ2) is 6.77.